The van der Waals surface area contributed by atoms with E-state index in [9.17, 15) is 27.2 Å². The highest BCUT2D eigenvalue weighted by molar-refractivity contribution is 7.90. The van der Waals surface area contributed by atoms with E-state index in [2.05, 4.69) is 5.32 Å². The van der Waals surface area contributed by atoms with Crippen LogP contribution in [0.1, 0.15) is 48.5 Å². The zero-order chi connectivity index (χ0) is 24.5. The average Bonchev–Trinajstić information content (AvgIpc) is 3.39. The van der Waals surface area contributed by atoms with Crippen molar-refractivity contribution in [3.05, 3.63) is 65.5 Å². The molecule has 0 bridgehead atoms. The van der Waals surface area contributed by atoms with Gasteiger partial charge in [0.2, 0.25) is 11.8 Å². The van der Waals surface area contributed by atoms with Gasteiger partial charge in [-0.1, -0.05) is 43.2 Å². The van der Waals surface area contributed by atoms with Gasteiger partial charge in [-0.2, -0.15) is 0 Å². The van der Waals surface area contributed by atoms with Crippen LogP contribution in [0.25, 0.3) is 0 Å². The fourth-order valence-electron chi connectivity index (χ4n) is 4.39. The summed E-state index contributed by atoms with van der Waals surface area (Å²) in [7, 11) is -4.21. The first kappa shape index (κ1) is 23.9. The highest BCUT2D eigenvalue weighted by Gasteiger charge is 2.43. The molecule has 180 valence electrons. The quantitative estimate of drug-likeness (QED) is 0.646. The van der Waals surface area contributed by atoms with Crippen molar-refractivity contribution in [3.63, 3.8) is 0 Å². The number of nitrogens with zero attached hydrogens (tertiary/aromatic N) is 2. The van der Waals surface area contributed by atoms with Crippen LogP contribution >= 0.6 is 0 Å². The molecule has 1 saturated carbocycles. The standard InChI is InChI=1S/C24H26FN3O5S/c1-16(23(30)26-18-9-3-4-10-18)27(14-17-8-2-6-12-20(17)25)22(29)15-28-24(31)19-11-5-7-13-21(19)34(28,32)33/h2,5-8,11-13,16,18H,3-4,9-10,14-15H2,1H3,(H,26,30)/t16-/m1/s1. The third kappa shape index (κ3) is 4.54. The third-order valence-corrected chi connectivity index (χ3v) is 8.15. The third-order valence-electron chi connectivity index (χ3n) is 6.36. The zero-order valence-corrected chi connectivity index (χ0v) is 19.6. The van der Waals surface area contributed by atoms with Crippen molar-refractivity contribution < 1.29 is 27.2 Å². The minimum atomic E-state index is -4.21. The fraction of sp³-hybridized carbons (Fsp3) is 0.375. The number of fused-ring (bicyclic) bond motifs is 1. The molecule has 0 aromatic heterocycles. The maximum atomic E-state index is 14.4. The van der Waals surface area contributed by atoms with E-state index in [-0.39, 0.29) is 28.6 Å². The highest BCUT2D eigenvalue weighted by atomic mass is 32.2. The molecule has 4 rings (SSSR count). The second-order valence-corrected chi connectivity index (χ2v) is 10.4. The fourth-order valence-corrected chi connectivity index (χ4v) is 5.90. The number of amides is 3. The number of hydrogen-bond acceptors (Lipinski definition) is 5. The Bertz CT molecular complexity index is 1230. The van der Waals surface area contributed by atoms with Gasteiger partial charge in [0, 0.05) is 18.2 Å². The van der Waals surface area contributed by atoms with Crippen molar-refractivity contribution in [1.82, 2.24) is 14.5 Å². The van der Waals surface area contributed by atoms with E-state index < -0.39 is 46.1 Å². The van der Waals surface area contributed by atoms with Gasteiger partial charge < -0.3 is 10.2 Å². The van der Waals surface area contributed by atoms with Crippen LogP contribution in [0.4, 0.5) is 4.39 Å². The van der Waals surface area contributed by atoms with Crippen molar-refractivity contribution in [1.29, 1.82) is 0 Å². The van der Waals surface area contributed by atoms with Crippen LogP contribution in [0, 0.1) is 5.82 Å². The van der Waals surface area contributed by atoms with Crippen LogP contribution in [0.3, 0.4) is 0 Å². The second kappa shape index (κ2) is 9.54. The average molecular weight is 488 g/mol. The molecule has 8 nitrogen and oxygen atoms in total. The Morgan fingerprint density at radius 2 is 1.76 bits per heavy atom. The molecule has 0 unspecified atom stereocenters. The first-order chi connectivity index (χ1) is 16.2. The molecule has 1 heterocycles. The molecule has 34 heavy (non-hydrogen) atoms. The van der Waals surface area contributed by atoms with E-state index in [4.69, 9.17) is 0 Å². The molecule has 3 amide bonds. The SMILES string of the molecule is C[C@H](C(=O)NC1CCCC1)N(Cc1ccccc1F)C(=O)CN1C(=O)c2ccccc2S1(=O)=O. The van der Waals surface area contributed by atoms with Crippen molar-refractivity contribution >= 4 is 27.7 Å². The van der Waals surface area contributed by atoms with Crippen molar-refractivity contribution in [2.24, 2.45) is 0 Å². The monoisotopic (exact) mass is 487 g/mol. The number of nitrogens with one attached hydrogen (secondary N) is 1. The normalized spacial score (nSPS) is 17.9. The van der Waals surface area contributed by atoms with E-state index in [1.165, 1.54) is 49.4 Å². The Morgan fingerprint density at radius 3 is 2.44 bits per heavy atom. The lowest BCUT2D eigenvalue weighted by Gasteiger charge is -2.31. The molecule has 10 heteroatoms. The minimum Gasteiger partial charge on any atom is -0.352 e. The number of halogens is 1. The van der Waals surface area contributed by atoms with E-state index in [0.29, 0.717) is 4.31 Å². The molecular weight excluding hydrogens is 461 g/mol. The first-order valence-corrected chi connectivity index (χ1v) is 12.6. The molecule has 1 N–H and O–H groups in total. The topological polar surface area (TPSA) is 104 Å². The maximum Gasteiger partial charge on any atom is 0.269 e. The van der Waals surface area contributed by atoms with Gasteiger partial charge in [0.25, 0.3) is 15.9 Å². The van der Waals surface area contributed by atoms with Crippen molar-refractivity contribution in [3.8, 4) is 0 Å². The number of carbonyl (C=O) groups excluding carboxylic acids is 3. The lowest BCUT2D eigenvalue weighted by molar-refractivity contribution is -0.140. The van der Waals surface area contributed by atoms with E-state index >= 15 is 0 Å². The predicted octanol–water partition coefficient (Wildman–Crippen LogP) is 2.45. The van der Waals surface area contributed by atoms with Crippen molar-refractivity contribution in [2.45, 2.75) is 56.1 Å². The number of hydrogen-bond donors (Lipinski definition) is 1. The van der Waals surface area contributed by atoms with Crippen LogP contribution in [-0.2, 0) is 26.2 Å². The van der Waals surface area contributed by atoms with Crippen LogP contribution in [0.2, 0.25) is 0 Å². The summed E-state index contributed by atoms with van der Waals surface area (Å²) in [4.78, 5) is 40.0. The Balaban J connectivity index is 1.59. The molecule has 2 aliphatic rings. The van der Waals surface area contributed by atoms with E-state index in [1.54, 1.807) is 6.07 Å². The van der Waals surface area contributed by atoms with Gasteiger partial charge in [-0.25, -0.2) is 17.1 Å². The van der Waals surface area contributed by atoms with Crippen LogP contribution in [0.15, 0.2) is 53.4 Å². The Hall–Kier alpha value is -3.27. The number of sulfonamides is 1. The van der Waals surface area contributed by atoms with Crippen LogP contribution < -0.4 is 5.32 Å². The van der Waals surface area contributed by atoms with Crippen molar-refractivity contribution in [2.75, 3.05) is 6.54 Å². The summed E-state index contributed by atoms with van der Waals surface area (Å²) in [5.74, 6) is -2.55. The van der Waals surface area contributed by atoms with Gasteiger partial charge >= 0.3 is 0 Å². The van der Waals surface area contributed by atoms with Gasteiger partial charge in [0.15, 0.2) is 0 Å². The highest BCUT2D eigenvalue weighted by Crippen LogP contribution is 2.30. The lowest BCUT2D eigenvalue weighted by atomic mass is 10.1. The minimum absolute atomic E-state index is 0.00963. The summed E-state index contributed by atoms with van der Waals surface area (Å²) >= 11 is 0. The summed E-state index contributed by atoms with van der Waals surface area (Å²) in [6, 6.07) is 10.6. The lowest BCUT2D eigenvalue weighted by Crippen LogP contribution is -2.52. The summed E-state index contributed by atoms with van der Waals surface area (Å²) in [6.07, 6.45) is 3.70. The van der Waals surface area contributed by atoms with Gasteiger partial charge in [-0.05, 0) is 38.0 Å². The summed E-state index contributed by atoms with van der Waals surface area (Å²) in [5.41, 5.74) is 0.165. The molecule has 0 spiro atoms. The molecule has 0 saturated heterocycles. The molecule has 2 aromatic rings. The molecule has 0 radical (unpaired) electrons. The van der Waals surface area contributed by atoms with E-state index in [1.807, 2.05) is 0 Å². The Labute approximate surface area is 197 Å². The maximum absolute atomic E-state index is 14.4. The van der Waals surface area contributed by atoms with Gasteiger partial charge in [-0.3, -0.25) is 14.4 Å². The molecule has 1 aliphatic carbocycles. The van der Waals surface area contributed by atoms with Crippen LogP contribution in [-0.4, -0.2) is 54.0 Å². The Morgan fingerprint density at radius 1 is 1.12 bits per heavy atom. The van der Waals surface area contributed by atoms with Gasteiger partial charge in [0.05, 0.1) is 5.56 Å². The second-order valence-electron chi connectivity index (χ2n) is 8.59. The summed E-state index contributed by atoms with van der Waals surface area (Å²) in [5, 5.41) is 2.92. The summed E-state index contributed by atoms with van der Waals surface area (Å²) in [6.45, 7) is 0.475. The summed E-state index contributed by atoms with van der Waals surface area (Å²) < 4.78 is 40.7. The molecule has 2 aromatic carbocycles. The number of benzene rings is 2. The zero-order valence-electron chi connectivity index (χ0n) is 18.7. The predicted molar refractivity (Wildman–Crippen MR) is 121 cm³/mol. The Kier molecular flexibility index (Phi) is 6.70. The van der Waals surface area contributed by atoms with E-state index in [0.717, 1.165) is 30.6 Å². The number of carbonyl (C=O) groups is 3. The van der Waals surface area contributed by atoms with Crippen LogP contribution in [0.5, 0.6) is 0 Å². The molecular formula is C24H26FN3O5S. The number of rotatable bonds is 7. The smallest absolute Gasteiger partial charge is 0.269 e. The molecule has 1 atom stereocenters. The molecule has 1 aliphatic heterocycles. The van der Waals surface area contributed by atoms with Gasteiger partial charge in [-0.15, -0.1) is 0 Å². The first-order valence-electron chi connectivity index (χ1n) is 11.2. The molecule has 1 fully saturated rings. The van der Waals surface area contributed by atoms with Gasteiger partial charge in [0.1, 0.15) is 23.3 Å². The largest absolute Gasteiger partial charge is 0.352 e.